The normalized spacial score (nSPS) is 21.4. The maximum atomic E-state index is 3.71. The third-order valence-electron chi connectivity index (χ3n) is 5.82. The lowest BCUT2D eigenvalue weighted by molar-refractivity contribution is 0.206. The number of aryl methyl sites for hydroxylation is 1. The monoisotopic (exact) mass is 314 g/mol. The molecule has 0 bridgehead atoms. The molecule has 1 heterocycles. The zero-order valence-corrected chi connectivity index (χ0v) is 14.9. The highest BCUT2D eigenvalue weighted by atomic mass is 15.1. The maximum Gasteiger partial charge on any atom is 0.0342 e. The number of likely N-dealkylation sites (tertiary alicyclic amines) is 1. The summed E-state index contributed by atoms with van der Waals surface area (Å²) in [5.41, 5.74) is 2.62. The van der Waals surface area contributed by atoms with Gasteiger partial charge in [-0.15, -0.1) is 0 Å². The van der Waals surface area contributed by atoms with Gasteiger partial charge in [-0.1, -0.05) is 49.8 Å². The largest absolute Gasteiger partial charge is 0.382 e. The van der Waals surface area contributed by atoms with Crippen molar-refractivity contribution in [2.45, 2.75) is 70.8 Å². The van der Waals surface area contributed by atoms with Crippen molar-refractivity contribution in [2.24, 2.45) is 5.92 Å². The second kappa shape index (κ2) is 8.73. The SMILES string of the molecule is Cc1ccc(NC2CCN(CCCC3CCCCC3)CC2)cc1. The summed E-state index contributed by atoms with van der Waals surface area (Å²) in [6.45, 7) is 6.02. The molecule has 1 aliphatic carbocycles. The molecule has 0 spiro atoms. The van der Waals surface area contributed by atoms with E-state index in [1.54, 1.807) is 0 Å². The Balaban J connectivity index is 1.31. The van der Waals surface area contributed by atoms with Crippen molar-refractivity contribution >= 4 is 5.69 Å². The molecule has 1 aromatic rings. The third kappa shape index (κ3) is 5.53. The first-order valence-corrected chi connectivity index (χ1v) is 9.85. The minimum Gasteiger partial charge on any atom is -0.382 e. The van der Waals surface area contributed by atoms with Gasteiger partial charge in [0.2, 0.25) is 0 Å². The molecule has 23 heavy (non-hydrogen) atoms. The van der Waals surface area contributed by atoms with Gasteiger partial charge in [0.1, 0.15) is 0 Å². The zero-order chi connectivity index (χ0) is 15.9. The van der Waals surface area contributed by atoms with E-state index in [0.29, 0.717) is 6.04 Å². The summed E-state index contributed by atoms with van der Waals surface area (Å²) in [5, 5.41) is 3.71. The van der Waals surface area contributed by atoms with Crippen LogP contribution in [0.15, 0.2) is 24.3 Å². The van der Waals surface area contributed by atoms with Crippen LogP contribution in [0.4, 0.5) is 5.69 Å². The number of benzene rings is 1. The van der Waals surface area contributed by atoms with E-state index in [4.69, 9.17) is 0 Å². The van der Waals surface area contributed by atoms with E-state index in [1.165, 1.54) is 88.7 Å². The molecule has 0 atom stereocenters. The fourth-order valence-corrected chi connectivity index (χ4v) is 4.27. The molecule has 0 radical (unpaired) electrons. The lowest BCUT2D eigenvalue weighted by atomic mass is 9.86. The van der Waals surface area contributed by atoms with Gasteiger partial charge in [-0.3, -0.25) is 0 Å². The van der Waals surface area contributed by atoms with Crippen molar-refractivity contribution in [3.63, 3.8) is 0 Å². The Labute approximate surface area is 142 Å². The Bertz CT molecular complexity index is 439. The minimum atomic E-state index is 0.660. The smallest absolute Gasteiger partial charge is 0.0342 e. The molecule has 1 saturated carbocycles. The highest BCUT2D eigenvalue weighted by molar-refractivity contribution is 5.45. The number of piperidine rings is 1. The predicted molar refractivity (Wildman–Crippen MR) is 100 cm³/mol. The summed E-state index contributed by atoms with van der Waals surface area (Å²) >= 11 is 0. The van der Waals surface area contributed by atoms with E-state index in [0.717, 1.165) is 5.92 Å². The van der Waals surface area contributed by atoms with Crippen LogP contribution in [0.1, 0.15) is 63.4 Å². The van der Waals surface area contributed by atoms with E-state index >= 15 is 0 Å². The van der Waals surface area contributed by atoms with Gasteiger partial charge in [0.25, 0.3) is 0 Å². The van der Waals surface area contributed by atoms with Crippen molar-refractivity contribution in [3.05, 3.63) is 29.8 Å². The molecule has 1 N–H and O–H groups in total. The molecular weight excluding hydrogens is 280 g/mol. The van der Waals surface area contributed by atoms with E-state index in [1.807, 2.05) is 0 Å². The lowest BCUT2D eigenvalue weighted by Gasteiger charge is -2.33. The molecule has 0 aromatic heterocycles. The van der Waals surface area contributed by atoms with Gasteiger partial charge in [-0.25, -0.2) is 0 Å². The van der Waals surface area contributed by atoms with Crippen molar-refractivity contribution < 1.29 is 0 Å². The Morgan fingerprint density at radius 2 is 1.65 bits per heavy atom. The standard InChI is InChI=1S/C21H34N2/c1-18-9-11-20(12-10-18)22-21-13-16-23(17-14-21)15-5-8-19-6-3-2-4-7-19/h9-12,19,21-22H,2-8,13-17H2,1H3. The minimum absolute atomic E-state index is 0.660. The van der Waals surface area contributed by atoms with Crippen LogP contribution in [0.2, 0.25) is 0 Å². The van der Waals surface area contributed by atoms with Crippen LogP contribution in [-0.2, 0) is 0 Å². The number of nitrogens with one attached hydrogen (secondary N) is 1. The second-order valence-electron chi connectivity index (χ2n) is 7.77. The fraction of sp³-hybridized carbons (Fsp3) is 0.714. The van der Waals surface area contributed by atoms with E-state index in [9.17, 15) is 0 Å². The van der Waals surface area contributed by atoms with Gasteiger partial charge in [0.15, 0.2) is 0 Å². The van der Waals surface area contributed by atoms with Gasteiger partial charge in [-0.05, 0) is 57.2 Å². The van der Waals surface area contributed by atoms with Gasteiger partial charge >= 0.3 is 0 Å². The summed E-state index contributed by atoms with van der Waals surface area (Å²) in [7, 11) is 0. The first-order chi connectivity index (χ1) is 11.3. The number of hydrogen-bond donors (Lipinski definition) is 1. The van der Waals surface area contributed by atoms with Gasteiger partial charge in [0.05, 0.1) is 0 Å². The topological polar surface area (TPSA) is 15.3 Å². The quantitative estimate of drug-likeness (QED) is 0.773. The molecule has 1 aliphatic heterocycles. The molecule has 0 amide bonds. The van der Waals surface area contributed by atoms with Crippen LogP contribution < -0.4 is 5.32 Å². The Morgan fingerprint density at radius 3 is 2.35 bits per heavy atom. The summed E-state index contributed by atoms with van der Waals surface area (Å²) in [6, 6.07) is 9.48. The molecular formula is C21H34N2. The molecule has 0 unspecified atom stereocenters. The number of anilines is 1. The van der Waals surface area contributed by atoms with Crippen LogP contribution >= 0.6 is 0 Å². The van der Waals surface area contributed by atoms with Crippen LogP contribution in [-0.4, -0.2) is 30.6 Å². The second-order valence-corrected chi connectivity index (χ2v) is 7.77. The Kier molecular flexibility index (Phi) is 6.38. The summed E-state index contributed by atoms with van der Waals surface area (Å²) in [6.07, 6.45) is 12.9. The summed E-state index contributed by atoms with van der Waals surface area (Å²) in [4.78, 5) is 2.69. The molecule has 2 fully saturated rings. The van der Waals surface area contributed by atoms with Crippen molar-refractivity contribution in [1.29, 1.82) is 0 Å². The molecule has 128 valence electrons. The average Bonchev–Trinajstić information content (AvgIpc) is 2.59. The Morgan fingerprint density at radius 1 is 0.957 bits per heavy atom. The molecule has 1 aromatic carbocycles. The first-order valence-electron chi connectivity index (χ1n) is 9.85. The van der Waals surface area contributed by atoms with E-state index < -0.39 is 0 Å². The number of rotatable bonds is 6. The molecule has 2 aliphatic rings. The highest BCUT2D eigenvalue weighted by Gasteiger charge is 2.19. The third-order valence-corrected chi connectivity index (χ3v) is 5.82. The zero-order valence-electron chi connectivity index (χ0n) is 14.9. The molecule has 3 rings (SSSR count). The lowest BCUT2D eigenvalue weighted by Crippen LogP contribution is -2.39. The molecule has 2 nitrogen and oxygen atoms in total. The van der Waals surface area contributed by atoms with Crippen molar-refractivity contribution in [2.75, 3.05) is 25.0 Å². The van der Waals surface area contributed by atoms with Gasteiger partial charge < -0.3 is 10.2 Å². The number of nitrogens with zero attached hydrogens (tertiary/aromatic N) is 1. The van der Waals surface area contributed by atoms with Gasteiger partial charge in [-0.2, -0.15) is 0 Å². The molecule has 1 saturated heterocycles. The van der Waals surface area contributed by atoms with Crippen LogP contribution in [0.25, 0.3) is 0 Å². The Hall–Kier alpha value is -1.02. The summed E-state index contributed by atoms with van der Waals surface area (Å²) < 4.78 is 0. The van der Waals surface area contributed by atoms with Crippen LogP contribution in [0.5, 0.6) is 0 Å². The highest BCUT2D eigenvalue weighted by Crippen LogP contribution is 2.27. The van der Waals surface area contributed by atoms with Crippen LogP contribution in [0.3, 0.4) is 0 Å². The van der Waals surface area contributed by atoms with Crippen LogP contribution in [0, 0.1) is 12.8 Å². The average molecular weight is 315 g/mol. The van der Waals surface area contributed by atoms with E-state index in [-0.39, 0.29) is 0 Å². The first kappa shape index (κ1) is 16.8. The van der Waals surface area contributed by atoms with E-state index in [2.05, 4.69) is 41.4 Å². The maximum absolute atomic E-state index is 3.71. The predicted octanol–water partition coefficient (Wildman–Crippen LogP) is 5.23. The van der Waals surface area contributed by atoms with Gasteiger partial charge in [0, 0.05) is 24.8 Å². The van der Waals surface area contributed by atoms with Crippen molar-refractivity contribution in [3.8, 4) is 0 Å². The molecule has 2 heteroatoms. The fourth-order valence-electron chi connectivity index (χ4n) is 4.27. The summed E-state index contributed by atoms with van der Waals surface area (Å²) in [5.74, 6) is 1.05. The van der Waals surface area contributed by atoms with Crippen molar-refractivity contribution in [1.82, 2.24) is 4.90 Å². The number of hydrogen-bond acceptors (Lipinski definition) is 2.